The molecule has 5 nitrogen and oxygen atoms in total. The van der Waals surface area contributed by atoms with Gasteiger partial charge >= 0.3 is 0 Å². The van der Waals surface area contributed by atoms with Crippen molar-refractivity contribution < 1.29 is 4.92 Å². The van der Waals surface area contributed by atoms with E-state index in [9.17, 15) is 10.1 Å². The Kier molecular flexibility index (Phi) is 4.01. The van der Waals surface area contributed by atoms with Gasteiger partial charge in [0.2, 0.25) is 0 Å². The molecule has 6 heteroatoms. The van der Waals surface area contributed by atoms with Gasteiger partial charge in [0.15, 0.2) is 0 Å². The topological polar surface area (TPSA) is 79.0 Å². The molecule has 0 aliphatic rings. The van der Waals surface area contributed by atoms with Crippen molar-refractivity contribution in [3.05, 3.63) is 55.8 Å². The van der Waals surface area contributed by atoms with Gasteiger partial charge in [0.05, 0.1) is 22.6 Å². The number of rotatable bonds is 4. The SMILES string of the molecule is Cc1ccsc1C(C)Nc1ccc(C#N)cc1[N+](=O)[O-]. The summed E-state index contributed by atoms with van der Waals surface area (Å²) in [5.74, 6) is 0. The van der Waals surface area contributed by atoms with Crippen LogP contribution in [0, 0.1) is 28.4 Å². The van der Waals surface area contributed by atoms with Gasteiger partial charge in [0.1, 0.15) is 5.69 Å². The lowest BCUT2D eigenvalue weighted by atomic mass is 10.1. The zero-order valence-corrected chi connectivity index (χ0v) is 11.9. The number of benzene rings is 1. The van der Waals surface area contributed by atoms with Crippen LogP contribution < -0.4 is 5.32 Å². The van der Waals surface area contributed by atoms with E-state index in [-0.39, 0.29) is 17.3 Å². The molecule has 1 aromatic heterocycles. The number of aryl methyl sites for hydroxylation is 1. The second-order valence-corrected chi connectivity index (χ2v) is 5.38. The fourth-order valence-electron chi connectivity index (χ4n) is 2.00. The van der Waals surface area contributed by atoms with Gasteiger partial charge in [-0.15, -0.1) is 11.3 Å². The molecule has 0 fully saturated rings. The molecule has 2 rings (SSSR count). The number of nitriles is 1. The van der Waals surface area contributed by atoms with E-state index < -0.39 is 4.92 Å². The number of thiophene rings is 1. The molecule has 0 amide bonds. The molecule has 20 heavy (non-hydrogen) atoms. The summed E-state index contributed by atoms with van der Waals surface area (Å²) < 4.78 is 0. The van der Waals surface area contributed by atoms with Crippen molar-refractivity contribution in [1.82, 2.24) is 0 Å². The number of nitro groups is 1. The molecule has 2 aromatic rings. The second kappa shape index (κ2) is 5.72. The average Bonchev–Trinajstić information content (AvgIpc) is 2.85. The third-order valence-electron chi connectivity index (χ3n) is 2.99. The quantitative estimate of drug-likeness (QED) is 0.680. The van der Waals surface area contributed by atoms with Crippen LogP contribution in [0.2, 0.25) is 0 Å². The molecule has 1 unspecified atom stereocenters. The Morgan fingerprint density at radius 3 is 2.75 bits per heavy atom. The molecule has 0 spiro atoms. The molecule has 1 heterocycles. The largest absolute Gasteiger partial charge is 0.372 e. The molecule has 0 saturated heterocycles. The van der Waals surface area contributed by atoms with Crippen molar-refractivity contribution in [2.45, 2.75) is 19.9 Å². The van der Waals surface area contributed by atoms with Crippen LogP contribution in [0.5, 0.6) is 0 Å². The first kappa shape index (κ1) is 14.0. The molecular formula is C14H13N3O2S. The van der Waals surface area contributed by atoms with Crippen molar-refractivity contribution in [3.63, 3.8) is 0 Å². The van der Waals surface area contributed by atoms with Crippen LogP contribution in [0.15, 0.2) is 29.6 Å². The zero-order chi connectivity index (χ0) is 14.7. The van der Waals surface area contributed by atoms with E-state index in [2.05, 4.69) is 5.32 Å². The molecule has 0 aliphatic carbocycles. The number of hydrogen-bond acceptors (Lipinski definition) is 5. The van der Waals surface area contributed by atoms with E-state index in [0.717, 1.165) is 10.4 Å². The summed E-state index contributed by atoms with van der Waals surface area (Å²) in [6.45, 7) is 3.97. The van der Waals surface area contributed by atoms with E-state index in [1.807, 2.05) is 31.4 Å². The summed E-state index contributed by atoms with van der Waals surface area (Å²) in [4.78, 5) is 11.8. The summed E-state index contributed by atoms with van der Waals surface area (Å²) in [5.41, 5.74) is 1.79. The first-order valence-electron chi connectivity index (χ1n) is 6.02. The van der Waals surface area contributed by atoms with Crippen LogP contribution >= 0.6 is 11.3 Å². The van der Waals surface area contributed by atoms with E-state index in [4.69, 9.17) is 5.26 Å². The second-order valence-electron chi connectivity index (χ2n) is 4.43. The molecule has 102 valence electrons. The highest BCUT2D eigenvalue weighted by Gasteiger charge is 2.18. The highest BCUT2D eigenvalue weighted by atomic mass is 32.1. The van der Waals surface area contributed by atoms with Crippen molar-refractivity contribution in [1.29, 1.82) is 5.26 Å². The van der Waals surface area contributed by atoms with Gasteiger partial charge in [-0.05, 0) is 43.0 Å². The summed E-state index contributed by atoms with van der Waals surface area (Å²) >= 11 is 1.61. The Morgan fingerprint density at radius 1 is 1.45 bits per heavy atom. The van der Waals surface area contributed by atoms with Crippen LogP contribution in [0.25, 0.3) is 0 Å². The van der Waals surface area contributed by atoms with Crippen LogP contribution in [-0.4, -0.2) is 4.92 Å². The fraction of sp³-hybridized carbons (Fsp3) is 0.214. The average molecular weight is 287 g/mol. The van der Waals surface area contributed by atoms with Crippen molar-refractivity contribution in [2.75, 3.05) is 5.32 Å². The number of nitrogens with one attached hydrogen (secondary N) is 1. The normalized spacial score (nSPS) is 11.7. The van der Waals surface area contributed by atoms with E-state index in [1.54, 1.807) is 23.5 Å². The predicted molar refractivity (Wildman–Crippen MR) is 78.9 cm³/mol. The Balaban J connectivity index is 2.32. The molecule has 0 aliphatic heterocycles. The molecule has 1 aromatic carbocycles. The first-order chi connectivity index (χ1) is 9.52. The maximum absolute atomic E-state index is 11.1. The molecular weight excluding hydrogens is 274 g/mol. The lowest BCUT2D eigenvalue weighted by Gasteiger charge is -2.15. The third-order valence-corrected chi connectivity index (χ3v) is 4.19. The predicted octanol–water partition coefficient (Wildman–Crippen LogP) is 4.01. The number of nitro benzene ring substituents is 1. The van der Waals surface area contributed by atoms with Gasteiger partial charge in [-0.2, -0.15) is 5.26 Å². The maximum atomic E-state index is 11.1. The summed E-state index contributed by atoms with van der Waals surface area (Å²) in [6.07, 6.45) is 0. The van der Waals surface area contributed by atoms with Gasteiger partial charge in [-0.3, -0.25) is 10.1 Å². The van der Waals surface area contributed by atoms with Crippen LogP contribution in [0.1, 0.15) is 29.0 Å². The molecule has 1 N–H and O–H groups in total. The molecule has 0 bridgehead atoms. The van der Waals surface area contributed by atoms with Gasteiger partial charge in [-0.1, -0.05) is 0 Å². The highest BCUT2D eigenvalue weighted by Crippen LogP contribution is 2.31. The minimum absolute atomic E-state index is 0.0263. The summed E-state index contributed by atoms with van der Waals surface area (Å²) in [5, 5.41) is 25.0. The standard InChI is InChI=1S/C14H13N3O2S/c1-9-5-6-20-14(9)10(2)16-12-4-3-11(8-15)7-13(12)17(18)19/h3-7,10,16H,1-2H3. The lowest BCUT2D eigenvalue weighted by Crippen LogP contribution is -2.08. The van der Waals surface area contributed by atoms with Crippen molar-refractivity contribution in [3.8, 4) is 6.07 Å². The Morgan fingerprint density at radius 2 is 2.20 bits per heavy atom. The van der Waals surface area contributed by atoms with Crippen LogP contribution in [-0.2, 0) is 0 Å². The number of anilines is 1. The van der Waals surface area contributed by atoms with Gasteiger partial charge in [0.25, 0.3) is 5.69 Å². The van der Waals surface area contributed by atoms with Crippen molar-refractivity contribution in [2.24, 2.45) is 0 Å². The van der Waals surface area contributed by atoms with E-state index in [1.165, 1.54) is 6.07 Å². The summed E-state index contributed by atoms with van der Waals surface area (Å²) in [7, 11) is 0. The minimum Gasteiger partial charge on any atom is -0.372 e. The fourth-order valence-corrected chi connectivity index (χ4v) is 2.94. The van der Waals surface area contributed by atoms with E-state index in [0.29, 0.717) is 5.69 Å². The van der Waals surface area contributed by atoms with Crippen LogP contribution in [0.3, 0.4) is 0 Å². The molecule has 0 saturated carbocycles. The monoisotopic (exact) mass is 287 g/mol. The summed E-state index contributed by atoms with van der Waals surface area (Å²) in [6, 6.07) is 8.34. The highest BCUT2D eigenvalue weighted by molar-refractivity contribution is 7.10. The Hall–Kier alpha value is -2.39. The number of nitrogens with zero attached hydrogens (tertiary/aromatic N) is 2. The third kappa shape index (κ3) is 2.78. The number of hydrogen-bond donors (Lipinski definition) is 1. The molecule has 0 radical (unpaired) electrons. The van der Waals surface area contributed by atoms with Gasteiger partial charge < -0.3 is 5.32 Å². The zero-order valence-electron chi connectivity index (χ0n) is 11.1. The minimum atomic E-state index is -0.475. The van der Waals surface area contributed by atoms with E-state index >= 15 is 0 Å². The lowest BCUT2D eigenvalue weighted by molar-refractivity contribution is -0.384. The first-order valence-corrected chi connectivity index (χ1v) is 6.90. The Labute approximate surface area is 120 Å². The maximum Gasteiger partial charge on any atom is 0.293 e. The Bertz CT molecular complexity index is 688. The van der Waals surface area contributed by atoms with Gasteiger partial charge in [0, 0.05) is 10.9 Å². The smallest absolute Gasteiger partial charge is 0.293 e. The molecule has 1 atom stereocenters. The van der Waals surface area contributed by atoms with Gasteiger partial charge in [-0.25, -0.2) is 0 Å². The van der Waals surface area contributed by atoms with Crippen molar-refractivity contribution >= 4 is 22.7 Å². The van der Waals surface area contributed by atoms with Crippen LogP contribution in [0.4, 0.5) is 11.4 Å².